The maximum atomic E-state index is 10.9. The molecule has 0 aliphatic heterocycles. The van der Waals surface area contributed by atoms with Gasteiger partial charge in [0.15, 0.2) is 0 Å². The number of nitrogens with one attached hydrogen (secondary N) is 1. The van der Waals surface area contributed by atoms with Gasteiger partial charge in [-0.05, 0) is 18.2 Å². The average Bonchev–Trinajstić information content (AvgIpc) is 2.67. The molecule has 0 unspecified atom stereocenters. The molecule has 1 heterocycles. The van der Waals surface area contributed by atoms with E-state index >= 15 is 0 Å². The third-order valence-corrected chi connectivity index (χ3v) is 2.20. The third-order valence-electron chi connectivity index (χ3n) is 2.20. The first-order valence-corrected chi connectivity index (χ1v) is 4.52. The van der Waals surface area contributed by atoms with E-state index in [1.807, 2.05) is 18.2 Å². The summed E-state index contributed by atoms with van der Waals surface area (Å²) in [6.07, 6.45) is 0. The van der Waals surface area contributed by atoms with Crippen LogP contribution in [0, 0.1) is 0 Å². The summed E-state index contributed by atoms with van der Waals surface area (Å²) in [4.78, 5) is 13.8. The Balaban J connectivity index is 2.46. The lowest BCUT2D eigenvalue weighted by atomic mass is 10.1. The maximum Gasteiger partial charge on any atom is 0.265 e. The van der Waals surface area contributed by atoms with Crippen molar-refractivity contribution >= 4 is 11.6 Å². The minimum absolute atomic E-state index is 0.383. The van der Waals surface area contributed by atoms with E-state index in [-0.39, 0.29) is 0 Å². The fourth-order valence-corrected chi connectivity index (χ4v) is 1.44. The normalized spacial score (nSPS) is 10.1. The first-order chi connectivity index (χ1) is 7.18. The van der Waals surface area contributed by atoms with Crippen molar-refractivity contribution < 1.29 is 4.79 Å². The van der Waals surface area contributed by atoms with Crippen LogP contribution in [-0.2, 0) is 0 Å². The van der Waals surface area contributed by atoms with E-state index in [0.29, 0.717) is 11.4 Å². The van der Waals surface area contributed by atoms with Crippen molar-refractivity contribution in [3.63, 3.8) is 0 Å². The molecule has 4 heteroatoms. The van der Waals surface area contributed by atoms with Gasteiger partial charge in [-0.1, -0.05) is 18.2 Å². The SMILES string of the molecule is NC(=O)c1ccc(-c2ccccc2N)[nH]1. The van der Waals surface area contributed by atoms with Gasteiger partial charge in [0.25, 0.3) is 5.91 Å². The van der Waals surface area contributed by atoms with Gasteiger partial charge in [-0.2, -0.15) is 0 Å². The number of aromatic nitrogens is 1. The van der Waals surface area contributed by atoms with Gasteiger partial charge in [-0.25, -0.2) is 0 Å². The van der Waals surface area contributed by atoms with E-state index in [4.69, 9.17) is 11.5 Å². The lowest BCUT2D eigenvalue weighted by Gasteiger charge is -2.01. The van der Waals surface area contributed by atoms with Gasteiger partial charge in [0.05, 0.1) is 0 Å². The second-order valence-corrected chi connectivity index (χ2v) is 3.24. The van der Waals surface area contributed by atoms with E-state index < -0.39 is 5.91 Å². The molecule has 0 spiro atoms. The Kier molecular flexibility index (Phi) is 2.17. The Morgan fingerprint density at radius 2 is 1.87 bits per heavy atom. The van der Waals surface area contributed by atoms with Crippen LogP contribution in [0.15, 0.2) is 36.4 Å². The Morgan fingerprint density at radius 1 is 1.13 bits per heavy atom. The number of hydrogen-bond donors (Lipinski definition) is 3. The van der Waals surface area contributed by atoms with Crippen molar-refractivity contribution in [2.75, 3.05) is 5.73 Å². The van der Waals surface area contributed by atoms with Crippen molar-refractivity contribution in [1.82, 2.24) is 4.98 Å². The summed E-state index contributed by atoms with van der Waals surface area (Å²) >= 11 is 0. The molecule has 5 N–H and O–H groups in total. The van der Waals surface area contributed by atoms with Crippen LogP contribution in [0.3, 0.4) is 0 Å². The Morgan fingerprint density at radius 3 is 2.47 bits per heavy atom. The summed E-state index contributed by atoms with van der Waals surface area (Å²) in [7, 11) is 0. The molecule has 1 aromatic heterocycles. The molecule has 0 aliphatic rings. The molecule has 76 valence electrons. The van der Waals surface area contributed by atoms with Crippen molar-refractivity contribution in [3.8, 4) is 11.3 Å². The van der Waals surface area contributed by atoms with E-state index in [1.165, 1.54) is 0 Å². The maximum absolute atomic E-state index is 10.9. The van der Waals surface area contributed by atoms with Gasteiger partial charge in [0.1, 0.15) is 5.69 Å². The molecule has 0 aliphatic carbocycles. The standard InChI is InChI=1S/C11H11N3O/c12-8-4-2-1-3-7(8)9-5-6-10(14-9)11(13)15/h1-6,14H,12H2,(H2,13,15). The molecule has 0 saturated carbocycles. The van der Waals surface area contributed by atoms with Gasteiger partial charge < -0.3 is 16.5 Å². The molecule has 4 nitrogen and oxygen atoms in total. The van der Waals surface area contributed by atoms with Crippen molar-refractivity contribution in [1.29, 1.82) is 0 Å². The number of anilines is 1. The number of hydrogen-bond acceptors (Lipinski definition) is 2. The number of aromatic amines is 1. The highest BCUT2D eigenvalue weighted by atomic mass is 16.1. The highest BCUT2D eigenvalue weighted by Gasteiger charge is 2.07. The van der Waals surface area contributed by atoms with E-state index in [0.717, 1.165) is 11.3 Å². The van der Waals surface area contributed by atoms with Crippen LogP contribution in [0.2, 0.25) is 0 Å². The van der Waals surface area contributed by atoms with Crippen LogP contribution in [0.25, 0.3) is 11.3 Å². The molecule has 0 atom stereocenters. The molecular formula is C11H11N3O. The van der Waals surface area contributed by atoms with E-state index in [9.17, 15) is 4.79 Å². The van der Waals surface area contributed by atoms with Gasteiger partial charge in [0, 0.05) is 16.9 Å². The zero-order valence-electron chi connectivity index (χ0n) is 8.03. The fraction of sp³-hybridized carbons (Fsp3) is 0. The summed E-state index contributed by atoms with van der Waals surface area (Å²) in [5, 5.41) is 0. The lowest BCUT2D eigenvalue weighted by Crippen LogP contribution is -2.11. The molecule has 2 aromatic rings. The van der Waals surface area contributed by atoms with Crippen LogP contribution < -0.4 is 11.5 Å². The number of amides is 1. The number of benzene rings is 1. The van der Waals surface area contributed by atoms with Crippen LogP contribution in [0.5, 0.6) is 0 Å². The van der Waals surface area contributed by atoms with Gasteiger partial charge in [-0.15, -0.1) is 0 Å². The highest BCUT2D eigenvalue weighted by molar-refractivity contribution is 5.92. The number of H-pyrrole nitrogens is 1. The van der Waals surface area contributed by atoms with E-state index in [1.54, 1.807) is 18.2 Å². The monoisotopic (exact) mass is 201 g/mol. The largest absolute Gasteiger partial charge is 0.398 e. The minimum atomic E-state index is -0.476. The van der Waals surface area contributed by atoms with E-state index in [2.05, 4.69) is 4.98 Å². The first kappa shape index (κ1) is 9.33. The predicted molar refractivity (Wildman–Crippen MR) is 59.2 cm³/mol. The molecule has 2 rings (SSSR count). The summed E-state index contributed by atoms with van der Waals surface area (Å²) in [5.41, 5.74) is 13.6. The predicted octanol–water partition coefficient (Wildman–Crippen LogP) is 1.36. The smallest absolute Gasteiger partial charge is 0.265 e. The molecule has 0 radical (unpaired) electrons. The zero-order valence-corrected chi connectivity index (χ0v) is 8.03. The quantitative estimate of drug-likeness (QED) is 0.641. The van der Waals surface area contributed by atoms with Crippen molar-refractivity contribution in [2.24, 2.45) is 5.73 Å². The minimum Gasteiger partial charge on any atom is -0.398 e. The number of rotatable bonds is 2. The molecule has 1 aromatic carbocycles. The lowest BCUT2D eigenvalue weighted by molar-refractivity contribution is 0.0996. The number of carbonyl (C=O) groups excluding carboxylic acids is 1. The number of nitrogen functional groups attached to an aromatic ring is 1. The molecule has 0 saturated heterocycles. The summed E-state index contributed by atoms with van der Waals surface area (Å²) in [5.74, 6) is -0.476. The van der Waals surface area contributed by atoms with Crippen molar-refractivity contribution in [2.45, 2.75) is 0 Å². The molecule has 0 fully saturated rings. The molecular weight excluding hydrogens is 190 g/mol. The number of nitrogens with two attached hydrogens (primary N) is 2. The van der Waals surface area contributed by atoms with Crippen LogP contribution in [0.1, 0.15) is 10.5 Å². The average molecular weight is 201 g/mol. The number of carbonyl (C=O) groups is 1. The van der Waals surface area contributed by atoms with Gasteiger partial charge >= 0.3 is 0 Å². The van der Waals surface area contributed by atoms with Crippen LogP contribution >= 0.6 is 0 Å². The first-order valence-electron chi connectivity index (χ1n) is 4.52. The van der Waals surface area contributed by atoms with Crippen LogP contribution in [-0.4, -0.2) is 10.9 Å². The zero-order chi connectivity index (χ0) is 10.8. The molecule has 0 bridgehead atoms. The third kappa shape index (κ3) is 1.69. The van der Waals surface area contributed by atoms with Gasteiger partial charge in [-0.3, -0.25) is 4.79 Å². The summed E-state index contributed by atoms with van der Waals surface area (Å²) in [6, 6.07) is 10.9. The Labute approximate surface area is 86.9 Å². The summed E-state index contributed by atoms with van der Waals surface area (Å²) in [6.45, 7) is 0. The topological polar surface area (TPSA) is 84.9 Å². The molecule has 15 heavy (non-hydrogen) atoms. The Bertz CT molecular complexity index is 502. The molecule has 1 amide bonds. The second-order valence-electron chi connectivity index (χ2n) is 3.24. The second kappa shape index (κ2) is 3.49. The van der Waals surface area contributed by atoms with Gasteiger partial charge in [0.2, 0.25) is 0 Å². The number of primary amides is 1. The Hall–Kier alpha value is -2.23. The summed E-state index contributed by atoms with van der Waals surface area (Å²) < 4.78 is 0. The fourth-order valence-electron chi connectivity index (χ4n) is 1.44. The van der Waals surface area contributed by atoms with Crippen molar-refractivity contribution in [3.05, 3.63) is 42.1 Å². The highest BCUT2D eigenvalue weighted by Crippen LogP contribution is 2.24. The van der Waals surface area contributed by atoms with Crippen LogP contribution in [0.4, 0.5) is 5.69 Å². The number of para-hydroxylation sites is 1.